The summed E-state index contributed by atoms with van der Waals surface area (Å²) in [5.41, 5.74) is 0. The van der Waals surface area contributed by atoms with Crippen molar-refractivity contribution in [2.75, 3.05) is 40.4 Å². The van der Waals surface area contributed by atoms with E-state index in [4.69, 9.17) is 16.3 Å². The lowest BCUT2D eigenvalue weighted by Crippen LogP contribution is -3.00. The van der Waals surface area contributed by atoms with Crippen molar-refractivity contribution in [2.24, 2.45) is 0 Å². The van der Waals surface area contributed by atoms with Gasteiger partial charge >= 0.3 is 5.29 Å². The van der Waals surface area contributed by atoms with Crippen LogP contribution in [0, 0.1) is 0 Å². The lowest BCUT2D eigenvalue weighted by molar-refractivity contribution is -0.467. The lowest BCUT2D eigenvalue weighted by Gasteiger charge is -2.21. The largest absolute Gasteiger partial charge is 1.00 e. The summed E-state index contributed by atoms with van der Waals surface area (Å²) in [6.07, 6.45) is 0. The molecule has 0 spiro atoms. The van der Waals surface area contributed by atoms with Gasteiger partial charge in [-0.2, -0.15) is 0 Å². The number of nitrogens with zero attached hydrogens (tertiary/aromatic N) is 2. The first-order chi connectivity index (χ1) is 5.22. The molecule has 0 aromatic rings. The van der Waals surface area contributed by atoms with Gasteiger partial charge in [-0.1, -0.05) is 0 Å². The fourth-order valence-corrected chi connectivity index (χ4v) is 1.20. The minimum absolute atomic E-state index is 0. The second-order valence-electron chi connectivity index (χ2n) is 2.76. The highest BCUT2D eigenvalue weighted by atomic mass is 35.5. The quantitative estimate of drug-likeness (QED) is 0.187. The molecule has 0 aromatic heterocycles. The van der Waals surface area contributed by atoms with E-state index in [0.29, 0.717) is 0 Å². The first-order valence-corrected chi connectivity index (χ1v) is 4.12. The number of rotatable bonds is 0. The van der Waals surface area contributed by atoms with Crippen molar-refractivity contribution in [2.45, 2.75) is 0 Å². The maximum absolute atomic E-state index is 6.01. The molecule has 3 nitrogen and oxygen atoms in total. The second kappa shape index (κ2) is 5.62. The van der Waals surface area contributed by atoms with Gasteiger partial charge in [0.25, 0.3) is 0 Å². The van der Waals surface area contributed by atoms with Gasteiger partial charge in [-0.25, -0.2) is 4.90 Å². The molecular formula is C7H14Cl2N2O. The smallest absolute Gasteiger partial charge is 0.344 e. The summed E-state index contributed by atoms with van der Waals surface area (Å²) >= 11 is 6.01. The molecule has 1 aliphatic rings. The summed E-state index contributed by atoms with van der Waals surface area (Å²) < 4.78 is 7.11. The Hall–Kier alpha value is 0.01000. The van der Waals surface area contributed by atoms with Gasteiger partial charge in [0.2, 0.25) is 0 Å². The molecule has 0 radical (unpaired) electrons. The molecule has 0 saturated carbocycles. The topological polar surface area (TPSA) is 15.5 Å². The van der Waals surface area contributed by atoms with E-state index in [1.54, 1.807) is 0 Å². The van der Waals surface area contributed by atoms with Crippen LogP contribution in [0.1, 0.15) is 0 Å². The van der Waals surface area contributed by atoms with Crippen LogP contribution in [0.4, 0.5) is 0 Å². The van der Waals surface area contributed by atoms with Gasteiger partial charge in [-0.05, 0) is 0 Å². The molecule has 12 heavy (non-hydrogen) atoms. The molecule has 1 aliphatic heterocycles. The van der Waals surface area contributed by atoms with E-state index in [0.717, 1.165) is 31.6 Å². The Morgan fingerprint density at radius 2 is 1.83 bits per heavy atom. The van der Waals surface area contributed by atoms with Gasteiger partial charge in [0.1, 0.15) is 13.1 Å². The standard InChI is InChI=1S/C7H14ClN2O.ClH/c1-9(2)7(8)10-3-5-11-6-4-10;/h3-6H2,1-2H3;1H/q+1;/p-1. The Bertz CT molecular complexity index is 163. The molecule has 1 saturated heterocycles. The van der Waals surface area contributed by atoms with Crippen molar-refractivity contribution in [1.82, 2.24) is 4.90 Å². The van der Waals surface area contributed by atoms with Crippen molar-refractivity contribution in [1.29, 1.82) is 0 Å². The summed E-state index contributed by atoms with van der Waals surface area (Å²) in [6, 6.07) is 0. The molecular weight excluding hydrogens is 199 g/mol. The van der Waals surface area contributed by atoms with Gasteiger partial charge in [-0.15, -0.1) is 0 Å². The van der Waals surface area contributed by atoms with Crippen molar-refractivity contribution in [3.8, 4) is 0 Å². The van der Waals surface area contributed by atoms with Crippen LogP contribution in [0.3, 0.4) is 0 Å². The summed E-state index contributed by atoms with van der Waals surface area (Å²) in [4.78, 5) is 2.12. The molecule has 0 amide bonds. The average Bonchev–Trinajstić information content (AvgIpc) is 2.05. The SMILES string of the molecule is C[N+](C)=C(Cl)N1CCOCC1.[Cl-]. The van der Waals surface area contributed by atoms with Crippen LogP contribution < -0.4 is 12.4 Å². The Morgan fingerprint density at radius 3 is 2.25 bits per heavy atom. The normalized spacial score (nSPS) is 16.8. The highest BCUT2D eigenvalue weighted by Gasteiger charge is 2.20. The lowest BCUT2D eigenvalue weighted by atomic mass is 10.5. The summed E-state index contributed by atoms with van der Waals surface area (Å²) in [5, 5.41) is 0.799. The van der Waals surface area contributed by atoms with E-state index in [9.17, 15) is 0 Å². The van der Waals surface area contributed by atoms with Gasteiger partial charge in [-0.3, -0.25) is 4.58 Å². The molecule has 1 fully saturated rings. The number of ether oxygens (including phenoxy) is 1. The molecule has 1 heterocycles. The zero-order valence-corrected chi connectivity index (χ0v) is 8.90. The van der Waals surface area contributed by atoms with E-state index in [-0.39, 0.29) is 12.4 Å². The molecule has 0 bridgehead atoms. The Morgan fingerprint density at radius 1 is 1.33 bits per heavy atom. The monoisotopic (exact) mass is 212 g/mol. The fraction of sp³-hybridized carbons (Fsp3) is 0.857. The maximum atomic E-state index is 6.01. The molecule has 5 heteroatoms. The van der Waals surface area contributed by atoms with E-state index in [1.807, 2.05) is 18.7 Å². The predicted octanol–water partition coefficient (Wildman–Crippen LogP) is -2.81. The third-order valence-corrected chi connectivity index (χ3v) is 2.22. The summed E-state index contributed by atoms with van der Waals surface area (Å²) in [6.45, 7) is 3.36. The van der Waals surface area contributed by atoms with Gasteiger partial charge < -0.3 is 17.1 Å². The Balaban J connectivity index is 0.00000121. The number of morpholine rings is 1. The average molecular weight is 213 g/mol. The Labute approximate surface area is 84.4 Å². The van der Waals surface area contributed by atoms with Crippen molar-refractivity contribution in [3.05, 3.63) is 0 Å². The van der Waals surface area contributed by atoms with E-state index < -0.39 is 0 Å². The van der Waals surface area contributed by atoms with Gasteiger partial charge in [0.15, 0.2) is 0 Å². The summed E-state index contributed by atoms with van der Waals surface area (Å²) in [5.74, 6) is 0. The highest BCUT2D eigenvalue weighted by Crippen LogP contribution is 2.00. The van der Waals surface area contributed by atoms with Gasteiger partial charge in [0.05, 0.1) is 27.3 Å². The molecule has 0 unspecified atom stereocenters. The molecule has 0 aliphatic carbocycles. The van der Waals surface area contributed by atoms with Gasteiger partial charge in [0, 0.05) is 11.6 Å². The molecule has 0 N–H and O–H groups in total. The minimum atomic E-state index is 0. The number of halogens is 2. The van der Waals surface area contributed by atoms with E-state index in [1.165, 1.54) is 0 Å². The fourth-order valence-electron chi connectivity index (χ4n) is 1.03. The molecule has 1 rings (SSSR count). The van der Waals surface area contributed by atoms with Crippen molar-refractivity contribution >= 4 is 16.9 Å². The van der Waals surface area contributed by atoms with Crippen molar-refractivity contribution < 1.29 is 21.7 Å². The molecule has 72 valence electrons. The molecule has 0 atom stereocenters. The van der Waals surface area contributed by atoms with Crippen LogP contribution >= 0.6 is 11.6 Å². The third kappa shape index (κ3) is 3.17. The molecule has 0 aromatic carbocycles. The van der Waals surface area contributed by atoms with Crippen LogP contribution in [0.5, 0.6) is 0 Å². The van der Waals surface area contributed by atoms with Crippen LogP contribution in [-0.2, 0) is 4.74 Å². The number of hydrogen-bond acceptors (Lipinski definition) is 1. The van der Waals surface area contributed by atoms with Crippen LogP contribution in [0.15, 0.2) is 0 Å². The zero-order valence-electron chi connectivity index (χ0n) is 7.39. The maximum Gasteiger partial charge on any atom is 0.344 e. The number of hydrogen-bond donors (Lipinski definition) is 0. The van der Waals surface area contributed by atoms with Crippen LogP contribution in [0.25, 0.3) is 0 Å². The highest BCUT2D eigenvalue weighted by molar-refractivity contribution is 6.63. The first kappa shape index (κ1) is 12.0. The van der Waals surface area contributed by atoms with E-state index >= 15 is 0 Å². The minimum Gasteiger partial charge on any atom is -1.00 e. The second-order valence-corrected chi connectivity index (χ2v) is 3.10. The van der Waals surface area contributed by atoms with Crippen LogP contribution in [-0.4, -0.2) is 55.2 Å². The third-order valence-electron chi connectivity index (χ3n) is 1.64. The first-order valence-electron chi connectivity index (χ1n) is 3.74. The zero-order chi connectivity index (χ0) is 8.27. The van der Waals surface area contributed by atoms with Crippen molar-refractivity contribution in [3.63, 3.8) is 0 Å². The number of amidine groups is 1. The Kier molecular flexibility index (Phi) is 5.63. The predicted molar refractivity (Wildman–Crippen MR) is 45.4 cm³/mol. The van der Waals surface area contributed by atoms with E-state index in [2.05, 4.69) is 4.90 Å². The van der Waals surface area contributed by atoms with Crippen LogP contribution in [0.2, 0.25) is 0 Å². The summed E-state index contributed by atoms with van der Waals surface area (Å²) in [7, 11) is 3.88.